The Morgan fingerprint density at radius 1 is 1.11 bits per heavy atom. The number of aromatic amines is 1. The first-order valence-corrected chi connectivity index (χ1v) is 9.00. The van der Waals surface area contributed by atoms with Crippen molar-refractivity contribution in [2.75, 3.05) is 7.11 Å². The van der Waals surface area contributed by atoms with E-state index in [9.17, 15) is 9.59 Å². The Morgan fingerprint density at radius 2 is 1.89 bits per heavy atom. The van der Waals surface area contributed by atoms with Crippen LogP contribution in [0, 0.1) is 13.8 Å². The van der Waals surface area contributed by atoms with E-state index in [0.29, 0.717) is 18.5 Å². The SMILES string of the molecule is COc1ccccc1CNC(=O)CCc1cc2ccc(C)c(C)c2[nH]c1=O. The molecule has 0 saturated heterocycles. The predicted molar refractivity (Wildman–Crippen MR) is 107 cm³/mol. The summed E-state index contributed by atoms with van der Waals surface area (Å²) in [5, 5.41) is 3.87. The van der Waals surface area contributed by atoms with E-state index in [0.717, 1.165) is 33.3 Å². The Balaban J connectivity index is 1.66. The standard InChI is InChI=1S/C22H24N2O3/c1-14-8-9-16-12-17(22(26)24-21(16)15(14)2)10-11-20(25)23-13-18-6-4-5-7-19(18)27-3/h4-9,12H,10-11,13H2,1-3H3,(H,23,25)(H,24,26). The average Bonchev–Trinajstić information content (AvgIpc) is 2.68. The Morgan fingerprint density at radius 3 is 2.67 bits per heavy atom. The molecule has 1 heterocycles. The van der Waals surface area contributed by atoms with Crippen LogP contribution >= 0.6 is 0 Å². The summed E-state index contributed by atoms with van der Waals surface area (Å²) in [6.45, 7) is 4.42. The molecule has 0 aliphatic rings. The minimum absolute atomic E-state index is 0.0968. The minimum atomic E-state index is -0.131. The molecule has 2 aromatic carbocycles. The lowest BCUT2D eigenvalue weighted by atomic mass is 10.0. The maximum absolute atomic E-state index is 12.4. The van der Waals surface area contributed by atoms with Gasteiger partial charge in [-0.25, -0.2) is 0 Å². The molecule has 5 nitrogen and oxygen atoms in total. The number of H-pyrrole nitrogens is 1. The van der Waals surface area contributed by atoms with Crippen molar-refractivity contribution in [2.45, 2.75) is 33.2 Å². The van der Waals surface area contributed by atoms with Crippen LogP contribution in [0.15, 0.2) is 47.3 Å². The van der Waals surface area contributed by atoms with Gasteiger partial charge in [0.15, 0.2) is 0 Å². The topological polar surface area (TPSA) is 71.2 Å². The number of hydrogen-bond donors (Lipinski definition) is 2. The van der Waals surface area contributed by atoms with Gasteiger partial charge in [0.1, 0.15) is 5.75 Å². The maximum Gasteiger partial charge on any atom is 0.251 e. The van der Waals surface area contributed by atoms with E-state index in [-0.39, 0.29) is 17.9 Å². The van der Waals surface area contributed by atoms with E-state index in [4.69, 9.17) is 4.74 Å². The number of carbonyl (C=O) groups is 1. The lowest BCUT2D eigenvalue weighted by molar-refractivity contribution is -0.121. The normalized spacial score (nSPS) is 10.8. The van der Waals surface area contributed by atoms with Gasteiger partial charge in [0.05, 0.1) is 12.6 Å². The van der Waals surface area contributed by atoms with Gasteiger partial charge < -0.3 is 15.0 Å². The lowest BCUT2D eigenvalue weighted by Gasteiger charge is -2.10. The summed E-state index contributed by atoms with van der Waals surface area (Å²) in [6, 6.07) is 13.5. The van der Waals surface area contributed by atoms with Crippen LogP contribution in [0.3, 0.4) is 0 Å². The molecular formula is C22H24N2O3. The molecule has 0 saturated carbocycles. The quantitative estimate of drug-likeness (QED) is 0.704. The van der Waals surface area contributed by atoms with Crippen molar-refractivity contribution in [1.82, 2.24) is 10.3 Å². The van der Waals surface area contributed by atoms with E-state index in [1.807, 2.05) is 56.3 Å². The molecule has 3 rings (SSSR count). The van der Waals surface area contributed by atoms with E-state index in [1.54, 1.807) is 7.11 Å². The van der Waals surface area contributed by atoms with E-state index < -0.39 is 0 Å². The molecule has 5 heteroatoms. The van der Waals surface area contributed by atoms with Gasteiger partial charge >= 0.3 is 0 Å². The molecule has 2 N–H and O–H groups in total. The van der Waals surface area contributed by atoms with Crippen LogP contribution in [0.1, 0.15) is 28.7 Å². The number of methoxy groups -OCH3 is 1. The number of hydrogen-bond acceptors (Lipinski definition) is 3. The zero-order chi connectivity index (χ0) is 19.4. The molecule has 0 radical (unpaired) electrons. The van der Waals surface area contributed by atoms with Gasteiger partial charge in [-0.15, -0.1) is 0 Å². The Labute approximate surface area is 158 Å². The first-order chi connectivity index (χ1) is 13.0. The van der Waals surface area contributed by atoms with Gasteiger partial charge in [-0.1, -0.05) is 30.3 Å². The summed E-state index contributed by atoms with van der Waals surface area (Å²) in [7, 11) is 1.61. The zero-order valence-corrected chi connectivity index (χ0v) is 15.9. The number of rotatable bonds is 6. The zero-order valence-electron chi connectivity index (χ0n) is 15.9. The number of para-hydroxylation sites is 1. The van der Waals surface area contributed by atoms with Gasteiger partial charge in [0, 0.05) is 24.1 Å². The summed E-state index contributed by atoms with van der Waals surface area (Å²) < 4.78 is 5.28. The van der Waals surface area contributed by atoms with Crippen molar-refractivity contribution in [1.29, 1.82) is 0 Å². The number of pyridine rings is 1. The molecule has 0 spiro atoms. The first kappa shape index (κ1) is 18.7. The molecule has 1 aromatic heterocycles. The van der Waals surface area contributed by atoms with Crippen LogP contribution in [0.25, 0.3) is 10.9 Å². The van der Waals surface area contributed by atoms with Crippen molar-refractivity contribution in [3.8, 4) is 5.75 Å². The average molecular weight is 364 g/mol. The maximum atomic E-state index is 12.4. The van der Waals surface area contributed by atoms with Gasteiger partial charge in [-0.05, 0) is 48.9 Å². The monoisotopic (exact) mass is 364 g/mol. The minimum Gasteiger partial charge on any atom is -0.496 e. The van der Waals surface area contributed by atoms with Crippen molar-refractivity contribution < 1.29 is 9.53 Å². The summed E-state index contributed by atoms with van der Waals surface area (Å²) in [4.78, 5) is 27.5. The summed E-state index contributed by atoms with van der Waals surface area (Å²) in [6.07, 6.45) is 0.657. The highest BCUT2D eigenvalue weighted by Crippen LogP contribution is 2.19. The van der Waals surface area contributed by atoms with Gasteiger partial charge in [-0.2, -0.15) is 0 Å². The third-order valence-corrected chi connectivity index (χ3v) is 4.92. The van der Waals surface area contributed by atoms with Gasteiger partial charge in [0.2, 0.25) is 5.91 Å². The molecule has 140 valence electrons. The van der Waals surface area contributed by atoms with Gasteiger partial charge in [-0.3, -0.25) is 9.59 Å². The third kappa shape index (κ3) is 4.19. The van der Waals surface area contributed by atoms with Crippen molar-refractivity contribution in [3.63, 3.8) is 0 Å². The first-order valence-electron chi connectivity index (χ1n) is 9.00. The Kier molecular flexibility index (Phi) is 5.60. The van der Waals surface area contributed by atoms with Crippen molar-refractivity contribution >= 4 is 16.8 Å². The van der Waals surface area contributed by atoms with Crippen LogP contribution in [-0.4, -0.2) is 18.0 Å². The highest BCUT2D eigenvalue weighted by molar-refractivity contribution is 5.83. The number of ether oxygens (including phenoxy) is 1. The van der Waals surface area contributed by atoms with E-state index >= 15 is 0 Å². The molecular weight excluding hydrogens is 340 g/mol. The molecule has 0 unspecified atom stereocenters. The molecule has 0 aliphatic heterocycles. The smallest absolute Gasteiger partial charge is 0.251 e. The van der Waals surface area contributed by atoms with Crippen molar-refractivity contribution in [3.05, 3.63) is 75.1 Å². The Bertz CT molecular complexity index is 1040. The van der Waals surface area contributed by atoms with Crippen LogP contribution in [-0.2, 0) is 17.8 Å². The fraction of sp³-hybridized carbons (Fsp3) is 0.273. The molecule has 0 aliphatic carbocycles. The molecule has 27 heavy (non-hydrogen) atoms. The second-order valence-electron chi connectivity index (χ2n) is 6.68. The summed E-state index contributed by atoms with van der Waals surface area (Å²) in [5.41, 5.74) is 4.49. The summed E-state index contributed by atoms with van der Waals surface area (Å²) >= 11 is 0. The number of aryl methyl sites for hydroxylation is 3. The van der Waals surface area contributed by atoms with Crippen molar-refractivity contribution in [2.24, 2.45) is 0 Å². The van der Waals surface area contributed by atoms with Crippen LogP contribution < -0.4 is 15.6 Å². The number of nitrogens with one attached hydrogen (secondary N) is 2. The molecule has 3 aromatic rings. The number of fused-ring (bicyclic) bond motifs is 1. The van der Waals surface area contributed by atoms with E-state index in [2.05, 4.69) is 10.3 Å². The predicted octanol–water partition coefficient (Wildman–Crippen LogP) is 3.40. The fourth-order valence-corrected chi connectivity index (χ4v) is 3.14. The second-order valence-corrected chi connectivity index (χ2v) is 6.68. The second kappa shape index (κ2) is 8.08. The molecule has 0 fully saturated rings. The lowest BCUT2D eigenvalue weighted by Crippen LogP contribution is -2.24. The largest absolute Gasteiger partial charge is 0.496 e. The molecule has 0 atom stereocenters. The number of carbonyl (C=O) groups excluding carboxylic acids is 1. The third-order valence-electron chi connectivity index (χ3n) is 4.92. The fourth-order valence-electron chi connectivity index (χ4n) is 3.14. The van der Waals surface area contributed by atoms with Crippen LogP contribution in [0.5, 0.6) is 5.75 Å². The number of aromatic nitrogens is 1. The molecule has 0 bridgehead atoms. The van der Waals surface area contributed by atoms with Gasteiger partial charge in [0.25, 0.3) is 5.56 Å². The number of amides is 1. The Hall–Kier alpha value is -3.08. The number of benzene rings is 2. The summed E-state index contributed by atoms with van der Waals surface area (Å²) in [5.74, 6) is 0.648. The van der Waals surface area contributed by atoms with E-state index in [1.165, 1.54) is 0 Å². The van der Waals surface area contributed by atoms with Crippen LogP contribution in [0.2, 0.25) is 0 Å². The highest BCUT2D eigenvalue weighted by atomic mass is 16.5. The highest BCUT2D eigenvalue weighted by Gasteiger charge is 2.09. The van der Waals surface area contributed by atoms with Crippen LogP contribution in [0.4, 0.5) is 0 Å². The molecule has 1 amide bonds.